The van der Waals surface area contributed by atoms with Crippen LogP contribution in [-0.2, 0) is 21.4 Å². The number of benzene rings is 2. The number of hydrogen-bond acceptors (Lipinski definition) is 5. The quantitative estimate of drug-likeness (QED) is 0.642. The number of carbonyl (C=O) groups excluding carboxylic acids is 1. The minimum Gasteiger partial charge on any atom is -0.495 e. The fourth-order valence-electron chi connectivity index (χ4n) is 4.58. The van der Waals surface area contributed by atoms with Crippen LogP contribution in [-0.4, -0.2) is 74.8 Å². The van der Waals surface area contributed by atoms with Crippen LogP contribution < -0.4 is 4.74 Å². The number of rotatable bonds is 6. The van der Waals surface area contributed by atoms with E-state index in [0.29, 0.717) is 32.5 Å². The van der Waals surface area contributed by atoms with Crippen LogP contribution in [0.15, 0.2) is 53.4 Å². The third-order valence-corrected chi connectivity index (χ3v) is 8.30. The molecule has 1 unspecified atom stereocenters. The molecule has 178 valence electrons. The van der Waals surface area contributed by atoms with Crippen LogP contribution >= 0.6 is 0 Å². The van der Waals surface area contributed by atoms with Gasteiger partial charge in [-0.2, -0.15) is 4.31 Å². The molecule has 2 aliphatic rings. The van der Waals surface area contributed by atoms with Gasteiger partial charge in [-0.3, -0.25) is 9.69 Å². The lowest BCUT2D eigenvalue weighted by Gasteiger charge is -2.38. The first-order valence-electron chi connectivity index (χ1n) is 11.3. The number of piperidine rings is 1. The first-order chi connectivity index (χ1) is 15.9. The summed E-state index contributed by atoms with van der Waals surface area (Å²) in [5.41, 5.74) is 1.25. The molecule has 2 saturated heterocycles. The van der Waals surface area contributed by atoms with E-state index in [9.17, 15) is 17.6 Å². The van der Waals surface area contributed by atoms with Gasteiger partial charge >= 0.3 is 0 Å². The van der Waals surface area contributed by atoms with Gasteiger partial charge in [-0.1, -0.05) is 30.3 Å². The molecular formula is C24H30FN3O4S. The van der Waals surface area contributed by atoms with E-state index in [1.54, 1.807) is 0 Å². The van der Waals surface area contributed by atoms with Crippen molar-refractivity contribution in [2.24, 2.45) is 5.92 Å². The number of ether oxygens (including phenoxy) is 1. The lowest BCUT2D eigenvalue weighted by atomic mass is 9.97. The van der Waals surface area contributed by atoms with E-state index in [-0.39, 0.29) is 23.1 Å². The molecule has 2 aromatic rings. The van der Waals surface area contributed by atoms with Crippen LogP contribution in [0.2, 0.25) is 0 Å². The molecule has 1 atom stereocenters. The molecule has 0 saturated carbocycles. The van der Waals surface area contributed by atoms with Crippen LogP contribution in [0.1, 0.15) is 18.4 Å². The van der Waals surface area contributed by atoms with Gasteiger partial charge in [0.25, 0.3) is 0 Å². The summed E-state index contributed by atoms with van der Waals surface area (Å²) in [6.07, 6.45) is 1.23. The van der Waals surface area contributed by atoms with Crippen LogP contribution in [0.5, 0.6) is 5.75 Å². The lowest BCUT2D eigenvalue weighted by Crippen LogP contribution is -2.52. The Balaban J connectivity index is 1.38. The van der Waals surface area contributed by atoms with Crippen molar-refractivity contribution in [3.8, 4) is 5.75 Å². The fourth-order valence-corrected chi connectivity index (χ4v) is 6.27. The Kier molecular flexibility index (Phi) is 7.31. The van der Waals surface area contributed by atoms with E-state index in [2.05, 4.69) is 17.0 Å². The number of hydrogen-bond donors (Lipinski definition) is 0. The molecule has 2 aromatic carbocycles. The maximum absolute atomic E-state index is 13.8. The van der Waals surface area contributed by atoms with Crippen molar-refractivity contribution in [3.63, 3.8) is 0 Å². The highest BCUT2D eigenvalue weighted by Gasteiger charge is 2.37. The lowest BCUT2D eigenvalue weighted by molar-refractivity contribution is -0.138. The highest BCUT2D eigenvalue weighted by Crippen LogP contribution is 2.31. The molecule has 7 nitrogen and oxygen atoms in total. The van der Waals surface area contributed by atoms with Crippen molar-refractivity contribution < 1.29 is 22.3 Å². The normalized spacial score (nSPS) is 20.5. The predicted molar refractivity (Wildman–Crippen MR) is 123 cm³/mol. The number of piperazine rings is 1. The standard InChI is InChI=1S/C24H30FN3O4S/c1-32-22-10-9-21(25)16-23(22)33(30,31)28-11-5-8-20(18-28)24(29)27-14-12-26(13-15-27)17-19-6-3-2-4-7-19/h2-4,6-7,9-10,16,20H,5,8,11-15,17-18H2,1H3. The van der Waals surface area contributed by atoms with Gasteiger partial charge in [-0.25, -0.2) is 12.8 Å². The topological polar surface area (TPSA) is 70.2 Å². The van der Waals surface area contributed by atoms with E-state index in [1.807, 2.05) is 23.1 Å². The van der Waals surface area contributed by atoms with E-state index in [1.165, 1.54) is 23.0 Å². The number of sulfonamides is 1. The van der Waals surface area contributed by atoms with Gasteiger partial charge in [0.15, 0.2) is 0 Å². The van der Waals surface area contributed by atoms with E-state index >= 15 is 0 Å². The maximum atomic E-state index is 13.8. The monoisotopic (exact) mass is 475 g/mol. The molecule has 0 spiro atoms. The molecule has 0 aliphatic carbocycles. The second kappa shape index (κ2) is 10.2. The third-order valence-electron chi connectivity index (χ3n) is 6.41. The third kappa shape index (κ3) is 5.37. The molecule has 4 rings (SSSR count). The number of methoxy groups -OCH3 is 1. The average Bonchev–Trinajstić information content (AvgIpc) is 2.85. The van der Waals surface area contributed by atoms with Crippen LogP contribution in [0.25, 0.3) is 0 Å². The Morgan fingerprint density at radius 3 is 2.48 bits per heavy atom. The minimum absolute atomic E-state index is 0.000434. The highest BCUT2D eigenvalue weighted by molar-refractivity contribution is 7.89. The van der Waals surface area contributed by atoms with Crippen LogP contribution in [0.3, 0.4) is 0 Å². The SMILES string of the molecule is COc1ccc(F)cc1S(=O)(=O)N1CCCC(C(=O)N2CCN(Cc3ccccc3)CC2)C1. The maximum Gasteiger partial charge on any atom is 0.246 e. The van der Waals surface area contributed by atoms with Crippen molar-refractivity contribution in [2.75, 3.05) is 46.4 Å². The first-order valence-corrected chi connectivity index (χ1v) is 12.7. The van der Waals surface area contributed by atoms with Gasteiger partial charge in [-0.15, -0.1) is 0 Å². The minimum atomic E-state index is -3.98. The molecule has 2 fully saturated rings. The summed E-state index contributed by atoms with van der Waals surface area (Å²) >= 11 is 0. The summed E-state index contributed by atoms with van der Waals surface area (Å²) in [7, 11) is -2.63. The smallest absolute Gasteiger partial charge is 0.246 e. The summed E-state index contributed by atoms with van der Waals surface area (Å²) in [4.78, 5) is 17.2. The zero-order chi connectivity index (χ0) is 23.4. The Bertz CT molecular complexity index is 1070. The molecular weight excluding hydrogens is 445 g/mol. The largest absolute Gasteiger partial charge is 0.495 e. The van der Waals surface area contributed by atoms with Gasteiger partial charge < -0.3 is 9.64 Å². The molecule has 2 aliphatic heterocycles. The highest BCUT2D eigenvalue weighted by atomic mass is 32.2. The van der Waals surface area contributed by atoms with Crippen molar-refractivity contribution in [3.05, 3.63) is 59.9 Å². The van der Waals surface area contributed by atoms with E-state index < -0.39 is 21.8 Å². The number of amides is 1. The molecule has 0 bridgehead atoms. The predicted octanol–water partition coefficient (Wildman–Crippen LogP) is 2.58. The van der Waals surface area contributed by atoms with Crippen molar-refractivity contribution >= 4 is 15.9 Å². The van der Waals surface area contributed by atoms with E-state index in [0.717, 1.165) is 31.8 Å². The van der Waals surface area contributed by atoms with Crippen molar-refractivity contribution in [2.45, 2.75) is 24.3 Å². The molecule has 9 heteroatoms. The van der Waals surface area contributed by atoms with Gasteiger partial charge in [-0.05, 0) is 36.6 Å². The molecule has 1 amide bonds. The second-order valence-corrected chi connectivity index (χ2v) is 10.5. The summed E-state index contributed by atoms with van der Waals surface area (Å²) in [6, 6.07) is 13.7. The van der Waals surface area contributed by atoms with Gasteiger partial charge in [0.05, 0.1) is 13.0 Å². The first kappa shape index (κ1) is 23.7. The summed E-state index contributed by atoms with van der Waals surface area (Å²) in [5, 5.41) is 0. The Hall–Kier alpha value is -2.49. The number of nitrogens with zero attached hydrogens (tertiary/aromatic N) is 3. The zero-order valence-corrected chi connectivity index (χ0v) is 19.6. The zero-order valence-electron chi connectivity index (χ0n) is 18.8. The van der Waals surface area contributed by atoms with Crippen LogP contribution in [0.4, 0.5) is 4.39 Å². The Morgan fingerprint density at radius 2 is 1.79 bits per heavy atom. The molecule has 0 aromatic heterocycles. The fraction of sp³-hybridized carbons (Fsp3) is 0.458. The summed E-state index contributed by atoms with van der Waals surface area (Å²) in [6.45, 7) is 4.10. The van der Waals surface area contributed by atoms with Crippen molar-refractivity contribution in [1.29, 1.82) is 0 Å². The van der Waals surface area contributed by atoms with E-state index in [4.69, 9.17) is 4.74 Å². The average molecular weight is 476 g/mol. The van der Waals surface area contributed by atoms with Crippen LogP contribution in [0, 0.1) is 11.7 Å². The van der Waals surface area contributed by atoms with Gasteiger partial charge in [0, 0.05) is 45.8 Å². The number of halogens is 1. The van der Waals surface area contributed by atoms with Gasteiger partial charge in [0.1, 0.15) is 16.5 Å². The second-order valence-electron chi connectivity index (χ2n) is 8.58. The summed E-state index contributed by atoms with van der Waals surface area (Å²) < 4.78 is 46.7. The molecule has 33 heavy (non-hydrogen) atoms. The Labute approximate surface area is 194 Å². The molecule has 0 N–H and O–H groups in total. The Morgan fingerprint density at radius 1 is 1.06 bits per heavy atom. The molecule has 0 radical (unpaired) electrons. The van der Waals surface area contributed by atoms with Crippen molar-refractivity contribution in [1.82, 2.24) is 14.1 Å². The van der Waals surface area contributed by atoms with Gasteiger partial charge in [0.2, 0.25) is 15.9 Å². The number of carbonyl (C=O) groups is 1. The summed E-state index contributed by atoms with van der Waals surface area (Å²) in [5.74, 6) is -0.944. The molecule has 2 heterocycles.